The van der Waals surface area contributed by atoms with Crippen LogP contribution in [0.15, 0.2) is 12.1 Å². The summed E-state index contributed by atoms with van der Waals surface area (Å²) in [4.78, 5) is 2.18. The van der Waals surface area contributed by atoms with Gasteiger partial charge < -0.3 is 5.73 Å². The summed E-state index contributed by atoms with van der Waals surface area (Å²) in [5, 5.41) is 0. The monoisotopic (exact) mass is 263 g/mol. The highest BCUT2D eigenvalue weighted by Gasteiger charge is 2.45. The number of alkyl halides is 3. The quantitative estimate of drug-likeness (QED) is 0.815. The standard InChI is InChI=1S/C12H16F3NS/c1-8-2-3-10(17-8)11(16)6-4-9(5-7-11)12(13,14)15/h2-3,9H,4-7,16H2,1H3. The molecule has 5 heteroatoms. The molecule has 2 rings (SSSR count). The number of rotatable bonds is 1. The minimum atomic E-state index is -4.06. The lowest BCUT2D eigenvalue weighted by atomic mass is 9.76. The molecule has 0 radical (unpaired) electrons. The van der Waals surface area contributed by atoms with Crippen molar-refractivity contribution in [3.05, 3.63) is 21.9 Å². The van der Waals surface area contributed by atoms with Crippen LogP contribution in [0.25, 0.3) is 0 Å². The van der Waals surface area contributed by atoms with E-state index in [9.17, 15) is 13.2 Å². The zero-order chi connectivity index (χ0) is 12.7. The highest BCUT2D eigenvalue weighted by atomic mass is 32.1. The van der Waals surface area contributed by atoms with Gasteiger partial charge in [-0.05, 0) is 44.7 Å². The zero-order valence-electron chi connectivity index (χ0n) is 9.68. The van der Waals surface area contributed by atoms with Crippen molar-refractivity contribution < 1.29 is 13.2 Å². The fourth-order valence-corrected chi connectivity index (χ4v) is 3.44. The second-order valence-corrected chi connectivity index (χ2v) is 6.17. The predicted molar refractivity (Wildman–Crippen MR) is 62.9 cm³/mol. The van der Waals surface area contributed by atoms with E-state index in [4.69, 9.17) is 5.73 Å². The van der Waals surface area contributed by atoms with E-state index in [0.717, 1.165) is 9.75 Å². The Balaban J connectivity index is 2.07. The van der Waals surface area contributed by atoms with E-state index in [1.807, 2.05) is 19.1 Å². The van der Waals surface area contributed by atoms with Crippen molar-refractivity contribution in [2.45, 2.75) is 44.3 Å². The summed E-state index contributed by atoms with van der Waals surface area (Å²) in [7, 11) is 0. The Morgan fingerprint density at radius 1 is 1.29 bits per heavy atom. The number of hydrogen-bond acceptors (Lipinski definition) is 2. The van der Waals surface area contributed by atoms with Crippen LogP contribution in [0.5, 0.6) is 0 Å². The van der Waals surface area contributed by atoms with Crippen LogP contribution in [-0.4, -0.2) is 6.18 Å². The molecule has 1 aliphatic carbocycles. The van der Waals surface area contributed by atoms with Gasteiger partial charge in [0.15, 0.2) is 0 Å². The first-order valence-electron chi connectivity index (χ1n) is 5.74. The minimum Gasteiger partial charge on any atom is -0.321 e. The summed E-state index contributed by atoms with van der Waals surface area (Å²) in [6, 6.07) is 3.93. The average molecular weight is 263 g/mol. The summed E-state index contributed by atoms with van der Waals surface area (Å²) in [5.74, 6) is -1.17. The van der Waals surface area contributed by atoms with Crippen molar-refractivity contribution >= 4 is 11.3 Å². The Morgan fingerprint density at radius 2 is 1.88 bits per heavy atom. The number of nitrogens with two attached hydrogens (primary N) is 1. The fraction of sp³-hybridized carbons (Fsp3) is 0.667. The molecule has 17 heavy (non-hydrogen) atoms. The lowest BCUT2D eigenvalue weighted by Crippen LogP contribution is -2.42. The summed E-state index contributed by atoms with van der Waals surface area (Å²) in [6.07, 6.45) is -2.91. The molecule has 0 aromatic carbocycles. The van der Waals surface area contributed by atoms with Gasteiger partial charge in [-0.15, -0.1) is 11.3 Å². The number of halogens is 3. The van der Waals surface area contributed by atoms with Gasteiger partial charge in [0.1, 0.15) is 0 Å². The molecule has 1 nitrogen and oxygen atoms in total. The molecule has 0 bridgehead atoms. The minimum absolute atomic E-state index is 0.150. The molecule has 1 aromatic heterocycles. The van der Waals surface area contributed by atoms with E-state index in [-0.39, 0.29) is 12.8 Å². The van der Waals surface area contributed by atoms with E-state index in [1.165, 1.54) is 0 Å². The van der Waals surface area contributed by atoms with E-state index < -0.39 is 17.6 Å². The van der Waals surface area contributed by atoms with Gasteiger partial charge in [-0.1, -0.05) is 0 Å². The second kappa shape index (κ2) is 4.28. The first kappa shape index (κ1) is 12.9. The van der Waals surface area contributed by atoms with E-state index >= 15 is 0 Å². The topological polar surface area (TPSA) is 26.0 Å². The normalized spacial score (nSPS) is 30.5. The van der Waals surface area contributed by atoms with Crippen molar-refractivity contribution in [2.24, 2.45) is 11.7 Å². The predicted octanol–water partition coefficient (Wildman–Crippen LogP) is 3.96. The molecule has 1 heterocycles. The van der Waals surface area contributed by atoms with Gasteiger partial charge in [0.05, 0.1) is 11.5 Å². The van der Waals surface area contributed by atoms with E-state index in [0.29, 0.717) is 12.8 Å². The lowest BCUT2D eigenvalue weighted by Gasteiger charge is -2.37. The van der Waals surface area contributed by atoms with Crippen LogP contribution in [-0.2, 0) is 5.54 Å². The summed E-state index contributed by atoms with van der Waals surface area (Å²) in [5.41, 5.74) is 5.70. The van der Waals surface area contributed by atoms with Crippen molar-refractivity contribution in [3.63, 3.8) is 0 Å². The Bertz CT molecular complexity index is 389. The third-order valence-corrected chi connectivity index (χ3v) is 4.79. The van der Waals surface area contributed by atoms with E-state index in [2.05, 4.69) is 0 Å². The lowest BCUT2D eigenvalue weighted by molar-refractivity contribution is -0.184. The maximum atomic E-state index is 12.6. The summed E-state index contributed by atoms with van der Waals surface area (Å²) < 4.78 is 37.7. The van der Waals surface area contributed by atoms with Crippen LogP contribution in [0.4, 0.5) is 13.2 Å². The van der Waals surface area contributed by atoms with Crippen molar-refractivity contribution in [1.82, 2.24) is 0 Å². The van der Waals surface area contributed by atoms with Gasteiger partial charge in [-0.3, -0.25) is 0 Å². The van der Waals surface area contributed by atoms with Crippen LogP contribution < -0.4 is 5.73 Å². The molecule has 0 spiro atoms. The fourth-order valence-electron chi connectivity index (χ4n) is 2.41. The number of aryl methyl sites for hydroxylation is 1. The highest BCUT2D eigenvalue weighted by Crippen LogP contribution is 2.45. The van der Waals surface area contributed by atoms with E-state index in [1.54, 1.807) is 11.3 Å². The first-order chi connectivity index (χ1) is 7.81. The van der Waals surface area contributed by atoms with Crippen LogP contribution in [0.2, 0.25) is 0 Å². The maximum Gasteiger partial charge on any atom is 0.391 e. The Morgan fingerprint density at radius 3 is 2.29 bits per heavy atom. The first-order valence-corrected chi connectivity index (χ1v) is 6.55. The SMILES string of the molecule is Cc1ccc(C2(N)CCC(C(F)(F)F)CC2)s1. The molecular formula is C12H16F3NS. The smallest absolute Gasteiger partial charge is 0.321 e. The summed E-state index contributed by atoms with van der Waals surface area (Å²) >= 11 is 1.60. The van der Waals surface area contributed by atoms with Crippen molar-refractivity contribution in [1.29, 1.82) is 0 Å². The third kappa shape index (κ3) is 2.65. The highest BCUT2D eigenvalue weighted by molar-refractivity contribution is 7.12. The van der Waals surface area contributed by atoms with Crippen LogP contribution >= 0.6 is 11.3 Å². The molecule has 1 aliphatic rings. The molecule has 96 valence electrons. The maximum absolute atomic E-state index is 12.6. The molecule has 0 amide bonds. The van der Waals surface area contributed by atoms with Crippen molar-refractivity contribution in [2.75, 3.05) is 0 Å². The molecule has 1 saturated carbocycles. The third-order valence-electron chi connectivity index (χ3n) is 3.57. The Hall–Kier alpha value is -0.550. The largest absolute Gasteiger partial charge is 0.391 e. The number of thiophene rings is 1. The number of hydrogen-bond donors (Lipinski definition) is 1. The molecule has 1 fully saturated rings. The van der Waals surface area contributed by atoms with Gasteiger partial charge in [-0.25, -0.2) is 0 Å². The zero-order valence-corrected chi connectivity index (χ0v) is 10.5. The van der Waals surface area contributed by atoms with Gasteiger partial charge in [0.25, 0.3) is 0 Å². The molecule has 0 saturated heterocycles. The molecule has 2 N–H and O–H groups in total. The van der Waals surface area contributed by atoms with Crippen LogP contribution in [0, 0.1) is 12.8 Å². The molecule has 0 atom stereocenters. The summed E-state index contributed by atoms with van der Waals surface area (Å²) in [6.45, 7) is 1.98. The molecule has 0 aliphatic heterocycles. The molecule has 1 aromatic rings. The van der Waals surface area contributed by atoms with Crippen LogP contribution in [0.1, 0.15) is 35.4 Å². The second-order valence-electron chi connectivity index (χ2n) is 4.88. The van der Waals surface area contributed by atoms with Gasteiger partial charge in [-0.2, -0.15) is 13.2 Å². The Kier molecular flexibility index (Phi) is 3.25. The molecular weight excluding hydrogens is 247 g/mol. The Labute approximate surface area is 103 Å². The van der Waals surface area contributed by atoms with Crippen LogP contribution in [0.3, 0.4) is 0 Å². The average Bonchev–Trinajstić information content (AvgIpc) is 2.65. The van der Waals surface area contributed by atoms with Crippen molar-refractivity contribution in [3.8, 4) is 0 Å². The van der Waals surface area contributed by atoms with Gasteiger partial charge >= 0.3 is 6.18 Å². The molecule has 0 unspecified atom stereocenters. The van der Waals surface area contributed by atoms with Gasteiger partial charge in [0, 0.05) is 9.75 Å². The van der Waals surface area contributed by atoms with Gasteiger partial charge in [0.2, 0.25) is 0 Å².